The fourth-order valence-corrected chi connectivity index (χ4v) is 12.7. The lowest BCUT2D eigenvalue weighted by molar-refractivity contribution is -0.320. The largest absolute Gasteiger partial charge is 0.466 e. The van der Waals surface area contributed by atoms with Crippen molar-refractivity contribution in [1.29, 1.82) is 0 Å². The number of rotatable bonds is 13. The van der Waals surface area contributed by atoms with Crippen LogP contribution in [0.4, 0.5) is 5.69 Å². The molecule has 13 nitrogen and oxygen atoms in total. The number of hydrogen-bond donors (Lipinski definition) is 3. The molecule has 6 aliphatic rings. The van der Waals surface area contributed by atoms with Gasteiger partial charge in [0, 0.05) is 76.4 Å². The van der Waals surface area contributed by atoms with Crippen molar-refractivity contribution in [2.75, 3.05) is 60.1 Å². The molecule has 1 aliphatic heterocycles. The number of carbonyl (C=O) groups excluding carboxylic acids is 3. The Kier molecular flexibility index (Phi) is 9.59. The van der Waals surface area contributed by atoms with Gasteiger partial charge in [0.05, 0.1) is 61.3 Å². The number of hydrogen-bond acceptors (Lipinski definition) is 12. The van der Waals surface area contributed by atoms with Crippen molar-refractivity contribution in [2.24, 2.45) is 34.5 Å². The van der Waals surface area contributed by atoms with Gasteiger partial charge in [-0.2, -0.15) is 0 Å². The van der Waals surface area contributed by atoms with Crippen LogP contribution in [0.5, 0.6) is 0 Å². The molecule has 1 aromatic carbocycles. The lowest BCUT2D eigenvalue weighted by Gasteiger charge is -2.70. The second-order valence-corrected chi connectivity index (χ2v) is 15.7. The maximum Gasteiger partial charge on any atom is 0.340 e. The zero-order chi connectivity index (χ0) is 36.5. The molecule has 13 atom stereocenters. The van der Waals surface area contributed by atoms with Crippen LogP contribution in [0.3, 0.4) is 0 Å². The number of benzene rings is 1. The Hall–Kier alpha value is -2.65. The molecule has 282 valence electrons. The molecule has 7 rings (SSSR count). The molecule has 0 unspecified atom stereocenters. The maximum atomic E-state index is 14.0. The normalized spacial score (nSPS) is 43.1. The van der Waals surface area contributed by atoms with E-state index in [1.54, 1.807) is 59.6 Å². The topological polar surface area (TPSA) is 162 Å². The SMILES string of the molecule is CCOC(=O)CCC(=O)Nc1ccccc1C(=O)OC[C@@]12CC[C@H](OC)[C@@]34[C@@H]5C[C@H]6[C@H](OC)[C@@H]5[C@](O)(C[C@@H]6OC)[C@](O)([C@@H](OC)[C@H]13)[C@H]4N(CC)C2. The summed E-state index contributed by atoms with van der Waals surface area (Å²) in [5.74, 6) is -2.19. The maximum absolute atomic E-state index is 14.0. The van der Waals surface area contributed by atoms with Crippen molar-refractivity contribution >= 4 is 23.5 Å². The molecule has 13 heteroatoms. The highest BCUT2D eigenvalue weighted by atomic mass is 16.5. The molecule has 1 aromatic rings. The minimum atomic E-state index is -1.69. The van der Waals surface area contributed by atoms with Gasteiger partial charge < -0.3 is 44.0 Å². The van der Waals surface area contributed by atoms with Gasteiger partial charge in [-0.25, -0.2) is 4.79 Å². The molecule has 1 saturated heterocycles. The summed E-state index contributed by atoms with van der Waals surface area (Å²) in [4.78, 5) is 40.8. The van der Waals surface area contributed by atoms with Gasteiger partial charge in [-0.3, -0.25) is 14.5 Å². The minimum absolute atomic E-state index is 0.0417. The quantitative estimate of drug-likeness (QED) is 0.257. The number of nitrogens with one attached hydrogen (secondary N) is 1. The highest BCUT2D eigenvalue weighted by molar-refractivity contribution is 6.01. The van der Waals surface area contributed by atoms with E-state index in [1.807, 2.05) is 0 Å². The van der Waals surface area contributed by atoms with Gasteiger partial charge in [0.2, 0.25) is 5.91 Å². The second kappa shape index (κ2) is 13.3. The van der Waals surface area contributed by atoms with Crippen LogP contribution in [-0.2, 0) is 38.0 Å². The van der Waals surface area contributed by atoms with E-state index in [0.717, 1.165) is 6.42 Å². The number of carbonyl (C=O) groups is 3. The zero-order valence-electron chi connectivity index (χ0n) is 30.6. The number of methoxy groups -OCH3 is 4. The number of anilines is 1. The highest BCUT2D eigenvalue weighted by Gasteiger charge is 2.91. The first-order valence-electron chi connectivity index (χ1n) is 18.5. The standard InChI is InChI=1S/C38H54N2O11/c1-7-40-19-35(20-51-33(43)21-11-9-10-12-24(21)39-27(41)13-14-28(42)50-8-2)16-15-26(47-4)37-23-17-22-25(46-3)18-36(44,29(23)30(22)48-5)38(45,34(37)40)32(49-6)31(35)37/h9-12,22-23,25-26,29-32,34,44-45H,7-8,13-20H2,1-6H3,(H,39,41)/t22-,23-,25+,26+,29-,30+,31-,32+,34+,35+,36-,37+,38+/m1/s1. The first-order valence-corrected chi connectivity index (χ1v) is 18.5. The monoisotopic (exact) mass is 714 g/mol. The number of likely N-dealkylation sites (tertiary alicyclic amines) is 1. The van der Waals surface area contributed by atoms with E-state index in [-0.39, 0.29) is 80.0 Å². The molecule has 51 heavy (non-hydrogen) atoms. The van der Waals surface area contributed by atoms with Crippen LogP contribution >= 0.6 is 0 Å². The van der Waals surface area contributed by atoms with Crippen LogP contribution in [0, 0.1) is 34.5 Å². The van der Waals surface area contributed by atoms with Crippen LogP contribution in [-0.4, -0.2) is 129 Å². The predicted molar refractivity (Wildman–Crippen MR) is 183 cm³/mol. The zero-order valence-corrected chi connectivity index (χ0v) is 30.6. The molecule has 1 spiro atoms. The summed E-state index contributed by atoms with van der Waals surface area (Å²) in [5.41, 5.74) is -4.06. The first-order chi connectivity index (χ1) is 24.5. The van der Waals surface area contributed by atoms with E-state index in [0.29, 0.717) is 31.6 Å². The van der Waals surface area contributed by atoms with Gasteiger partial charge in [0.25, 0.3) is 0 Å². The molecular formula is C38H54N2O11. The lowest BCUT2D eigenvalue weighted by atomic mass is 9.42. The second-order valence-electron chi connectivity index (χ2n) is 15.7. The van der Waals surface area contributed by atoms with Gasteiger partial charge in [-0.15, -0.1) is 0 Å². The number of piperidine rings is 1. The van der Waals surface area contributed by atoms with Crippen LogP contribution in [0.2, 0.25) is 0 Å². The number of likely N-dealkylation sites (N-methyl/N-ethyl adjacent to an activating group) is 1. The summed E-state index contributed by atoms with van der Waals surface area (Å²) < 4.78 is 36.3. The number of amides is 1. The Morgan fingerprint density at radius 3 is 2.41 bits per heavy atom. The van der Waals surface area contributed by atoms with E-state index < -0.39 is 52.0 Å². The van der Waals surface area contributed by atoms with Crippen molar-refractivity contribution in [3.8, 4) is 0 Å². The molecule has 1 amide bonds. The molecule has 0 radical (unpaired) electrons. The van der Waals surface area contributed by atoms with Crippen LogP contribution in [0.15, 0.2) is 24.3 Å². The summed E-state index contributed by atoms with van der Waals surface area (Å²) in [6.45, 7) is 5.19. The Balaban J connectivity index is 1.25. The molecule has 5 aliphatic carbocycles. The number of para-hydroxylation sites is 1. The van der Waals surface area contributed by atoms with Crippen molar-refractivity contribution in [2.45, 2.75) is 94.0 Å². The van der Waals surface area contributed by atoms with Crippen molar-refractivity contribution < 1.29 is 53.0 Å². The van der Waals surface area contributed by atoms with E-state index >= 15 is 0 Å². The Bertz CT molecular complexity index is 1530. The number of aliphatic hydroxyl groups is 2. The fourth-order valence-electron chi connectivity index (χ4n) is 12.7. The third-order valence-electron chi connectivity index (χ3n) is 14.1. The molecule has 1 heterocycles. The Morgan fingerprint density at radius 2 is 1.75 bits per heavy atom. The minimum Gasteiger partial charge on any atom is -0.466 e. The van der Waals surface area contributed by atoms with E-state index in [4.69, 9.17) is 28.4 Å². The number of ether oxygens (including phenoxy) is 6. The summed E-state index contributed by atoms with van der Waals surface area (Å²) in [5, 5.41) is 29.3. The third-order valence-corrected chi connectivity index (χ3v) is 14.1. The number of fused-ring (bicyclic) bond motifs is 2. The summed E-state index contributed by atoms with van der Waals surface area (Å²) in [6, 6.07) is 6.19. The summed E-state index contributed by atoms with van der Waals surface area (Å²) in [6.07, 6.45) is 0.565. The first kappa shape index (κ1) is 36.7. The van der Waals surface area contributed by atoms with E-state index in [9.17, 15) is 24.6 Å². The number of nitrogens with zero attached hydrogens (tertiary/aromatic N) is 1. The van der Waals surface area contributed by atoms with Gasteiger partial charge in [-0.05, 0) is 50.8 Å². The van der Waals surface area contributed by atoms with E-state index in [1.165, 1.54) is 0 Å². The van der Waals surface area contributed by atoms with Crippen molar-refractivity contribution in [3.63, 3.8) is 0 Å². The van der Waals surface area contributed by atoms with Crippen molar-refractivity contribution in [1.82, 2.24) is 4.90 Å². The molecule has 0 aromatic heterocycles. The third kappa shape index (κ3) is 4.87. The van der Waals surface area contributed by atoms with Crippen molar-refractivity contribution in [3.05, 3.63) is 29.8 Å². The Morgan fingerprint density at radius 1 is 0.980 bits per heavy atom. The fraction of sp³-hybridized carbons (Fsp3) is 0.763. The number of esters is 2. The van der Waals surface area contributed by atoms with Gasteiger partial charge in [0.15, 0.2) is 0 Å². The molecular weight excluding hydrogens is 660 g/mol. The Labute approximate surface area is 299 Å². The summed E-state index contributed by atoms with van der Waals surface area (Å²) >= 11 is 0. The lowest BCUT2D eigenvalue weighted by Crippen LogP contribution is -2.82. The predicted octanol–water partition coefficient (Wildman–Crippen LogP) is 2.42. The van der Waals surface area contributed by atoms with Crippen LogP contribution in [0.1, 0.15) is 62.7 Å². The molecule has 6 fully saturated rings. The average molecular weight is 715 g/mol. The highest BCUT2D eigenvalue weighted by Crippen LogP contribution is 2.80. The molecule has 7 bridgehead atoms. The van der Waals surface area contributed by atoms with E-state index in [2.05, 4.69) is 17.1 Å². The van der Waals surface area contributed by atoms with Gasteiger partial charge in [-0.1, -0.05) is 19.1 Å². The summed E-state index contributed by atoms with van der Waals surface area (Å²) in [7, 11) is 6.70. The average Bonchev–Trinajstić information content (AvgIpc) is 3.55. The van der Waals surface area contributed by atoms with Gasteiger partial charge in [0.1, 0.15) is 11.2 Å². The van der Waals surface area contributed by atoms with Crippen LogP contribution in [0.25, 0.3) is 0 Å². The molecule has 5 saturated carbocycles. The molecule has 3 N–H and O–H groups in total. The van der Waals surface area contributed by atoms with Crippen LogP contribution < -0.4 is 5.32 Å². The van der Waals surface area contributed by atoms with Gasteiger partial charge >= 0.3 is 11.9 Å². The smallest absolute Gasteiger partial charge is 0.340 e.